The van der Waals surface area contributed by atoms with Crippen LogP contribution in [0.2, 0.25) is 0 Å². The van der Waals surface area contributed by atoms with E-state index in [-0.39, 0.29) is 5.91 Å². The van der Waals surface area contributed by atoms with Crippen molar-refractivity contribution in [1.82, 2.24) is 15.2 Å². The third kappa shape index (κ3) is 2.89. The van der Waals surface area contributed by atoms with Gasteiger partial charge in [-0.3, -0.25) is 9.78 Å². The number of aromatic nitrogens is 3. The van der Waals surface area contributed by atoms with Crippen LogP contribution in [-0.4, -0.2) is 21.1 Å². The molecule has 0 atom stereocenters. The molecule has 0 saturated carbocycles. The Balaban J connectivity index is 2.15. The van der Waals surface area contributed by atoms with Gasteiger partial charge in [0.1, 0.15) is 0 Å². The summed E-state index contributed by atoms with van der Waals surface area (Å²) in [4.78, 5) is 15.8. The summed E-state index contributed by atoms with van der Waals surface area (Å²) in [6.07, 6.45) is 3.42. The van der Waals surface area contributed by atoms with E-state index in [1.165, 1.54) is 11.3 Å². The Morgan fingerprint density at radius 2 is 2.11 bits per heavy atom. The molecule has 0 aliphatic heterocycles. The van der Waals surface area contributed by atoms with Crippen LogP contribution in [0.5, 0.6) is 0 Å². The SMILES string of the molecule is CC(C)(C)C(=O)Nc1nnc(-c2cccnc2)s1. The number of carbonyl (C=O) groups is 1. The normalized spacial score (nSPS) is 11.3. The minimum atomic E-state index is -0.444. The second-order valence-electron chi connectivity index (χ2n) is 4.86. The lowest BCUT2D eigenvalue weighted by Gasteiger charge is -2.15. The van der Waals surface area contributed by atoms with Gasteiger partial charge >= 0.3 is 0 Å². The first kappa shape index (κ1) is 12.6. The van der Waals surface area contributed by atoms with Gasteiger partial charge in [0.25, 0.3) is 0 Å². The fourth-order valence-corrected chi connectivity index (χ4v) is 1.89. The Morgan fingerprint density at radius 3 is 2.72 bits per heavy atom. The first-order valence-electron chi connectivity index (χ1n) is 5.52. The Hall–Kier alpha value is -1.82. The summed E-state index contributed by atoms with van der Waals surface area (Å²) in [6, 6.07) is 3.74. The van der Waals surface area contributed by atoms with E-state index in [0.29, 0.717) is 5.13 Å². The minimum absolute atomic E-state index is 0.0728. The molecule has 2 rings (SSSR count). The number of nitrogens with zero attached hydrogens (tertiary/aromatic N) is 3. The summed E-state index contributed by atoms with van der Waals surface area (Å²) >= 11 is 1.34. The number of hydrogen-bond donors (Lipinski definition) is 1. The van der Waals surface area contributed by atoms with E-state index in [2.05, 4.69) is 20.5 Å². The molecule has 2 aromatic heterocycles. The van der Waals surface area contributed by atoms with E-state index in [9.17, 15) is 4.79 Å². The highest BCUT2D eigenvalue weighted by atomic mass is 32.1. The Bertz CT molecular complexity index is 545. The average molecular weight is 262 g/mol. The smallest absolute Gasteiger partial charge is 0.231 e. The zero-order valence-corrected chi connectivity index (χ0v) is 11.3. The molecule has 6 heteroatoms. The van der Waals surface area contributed by atoms with Crippen molar-refractivity contribution >= 4 is 22.4 Å². The van der Waals surface area contributed by atoms with Crippen LogP contribution in [0, 0.1) is 5.41 Å². The second-order valence-corrected chi connectivity index (χ2v) is 5.84. The average Bonchev–Trinajstić information content (AvgIpc) is 2.77. The molecule has 0 aliphatic carbocycles. The zero-order chi connectivity index (χ0) is 13.2. The van der Waals surface area contributed by atoms with Gasteiger partial charge in [0.05, 0.1) is 0 Å². The predicted molar refractivity (Wildman–Crippen MR) is 71.2 cm³/mol. The van der Waals surface area contributed by atoms with Crippen molar-refractivity contribution < 1.29 is 4.79 Å². The molecule has 94 valence electrons. The molecular formula is C12H14N4OS. The lowest BCUT2D eigenvalue weighted by atomic mass is 9.96. The van der Waals surface area contributed by atoms with Gasteiger partial charge in [-0.25, -0.2) is 0 Å². The predicted octanol–water partition coefficient (Wildman–Crippen LogP) is 2.58. The summed E-state index contributed by atoms with van der Waals surface area (Å²) in [7, 11) is 0. The van der Waals surface area contributed by atoms with Gasteiger partial charge in [0.15, 0.2) is 5.01 Å². The highest BCUT2D eigenvalue weighted by molar-refractivity contribution is 7.18. The van der Waals surface area contributed by atoms with Gasteiger partial charge in [-0.15, -0.1) is 10.2 Å². The van der Waals surface area contributed by atoms with E-state index >= 15 is 0 Å². The topological polar surface area (TPSA) is 67.8 Å². The van der Waals surface area contributed by atoms with Gasteiger partial charge in [-0.1, -0.05) is 32.1 Å². The lowest BCUT2D eigenvalue weighted by Crippen LogP contribution is -2.27. The number of pyridine rings is 1. The molecule has 0 saturated heterocycles. The van der Waals surface area contributed by atoms with E-state index in [1.807, 2.05) is 32.9 Å². The van der Waals surface area contributed by atoms with E-state index in [0.717, 1.165) is 10.6 Å². The van der Waals surface area contributed by atoms with Crippen molar-refractivity contribution in [3.63, 3.8) is 0 Å². The molecule has 2 aromatic rings. The molecule has 1 N–H and O–H groups in total. The molecule has 0 spiro atoms. The maximum Gasteiger partial charge on any atom is 0.231 e. The van der Waals surface area contributed by atoms with E-state index < -0.39 is 5.41 Å². The van der Waals surface area contributed by atoms with Gasteiger partial charge in [-0.05, 0) is 12.1 Å². The highest BCUT2D eigenvalue weighted by Crippen LogP contribution is 2.26. The van der Waals surface area contributed by atoms with E-state index in [1.54, 1.807) is 12.4 Å². The third-order valence-corrected chi connectivity index (χ3v) is 3.12. The monoisotopic (exact) mass is 262 g/mol. The van der Waals surface area contributed by atoms with Crippen LogP contribution in [0.25, 0.3) is 10.6 Å². The highest BCUT2D eigenvalue weighted by Gasteiger charge is 2.22. The van der Waals surface area contributed by atoms with Crippen LogP contribution < -0.4 is 5.32 Å². The fraction of sp³-hybridized carbons (Fsp3) is 0.333. The van der Waals surface area contributed by atoms with Crippen molar-refractivity contribution in [3.8, 4) is 10.6 Å². The standard InChI is InChI=1S/C12H14N4OS/c1-12(2,3)10(17)14-11-16-15-9(18-11)8-5-4-6-13-7-8/h4-7H,1-3H3,(H,14,16,17). The van der Waals surface area contributed by atoms with Crippen LogP contribution in [0.3, 0.4) is 0 Å². The van der Waals surface area contributed by atoms with Crippen molar-refractivity contribution in [2.45, 2.75) is 20.8 Å². The zero-order valence-electron chi connectivity index (χ0n) is 10.5. The summed E-state index contributed by atoms with van der Waals surface area (Å²) in [5, 5.41) is 12.0. The molecule has 18 heavy (non-hydrogen) atoms. The molecule has 0 aromatic carbocycles. The minimum Gasteiger partial charge on any atom is -0.300 e. The Labute approximate surface area is 109 Å². The quantitative estimate of drug-likeness (QED) is 0.903. The largest absolute Gasteiger partial charge is 0.300 e. The molecule has 5 nitrogen and oxygen atoms in total. The van der Waals surface area contributed by atoms with Gasteiger partial charge < -0.3 is 5.32 Å². The van der Waals surface area contributed by atoms with Gasteiger partial charge in [0.2, 0.25) is 11.0 Å². The summed E-state index contributed by atoms with van der Waals surface area (Å²) in [6.45, 7) is 5.56. The molecule has 0 bridgehead atoms. The van der Waals surface area contributed by atoms with Crippen molar-refractivity contribution in [2.24, 2.45) is 5.41 Å². The summed E-state index contributed by atoms with van der Waals surface area (Å²) < 4.78 is 0. The summed E-state index contributed by atoms with van der Waals surface area (Å²) in [5.41, 5.74) is 0.450. The van der Waals surface area contributed by atoms with Crippen LogP contribution in [0.4, 0.5) is 5.13 Å². The number of hydrogen-bond acceptors (Lipinski definition) is 5. The lowest BCUT2D eigenvalue weighted by molar-refractivity contribution is -0.123. The van der Waals surface area contributed by atoms with Crippen LogP contribution >= 0.6 is 11.3 Å². The maximum atomic E-state index is 11.8. The number of amides is 1. The van der Waals surface area contributed by atoms with Gasteiger partial charge in [-0.2, -0.15) is 0 Å². The third-order valence-electron chi connectivity index (χ3n) is 2.24. The molecular weight excluding hydrogens is 248 g/mol. The molecule has 0 aliphatic rings. The van der Waals surface area contributed by atoms with Crippen molar-refractivity contribution in [1.29, 1.82) is 0 Å². The number of nitrogens with one attached hydrogen (secondary N) is 1. The molecule has 0 unspecified atom stereocenters. The summed E-state index contributed by atoms with van der Waals surface area (Å²) in [5.74, 6) is -0.0728. The molecule has 0 fully saturated rings. The number of anilines is 1. The second kappa shape index (κ2) is 4.81. The first-order chi connectivity index (χ1) is 8.47. The number of carbonyl (C=O) groups excluding carboxylic acids is 1. The Morgan fingerprint density at radius 1 is 1.33 bits per heavy atom. The van der Waals surface area contributed by atoms with E-state index in [4.69, 9.17) is 0 Å². The Kier molecular flexibility index (Phi) is 3.38. The number of rotatable bonds is 2. The molecule has 2 heterocycles. The van der Waals surface area contributed by atoms with Crippen LogP contribution in [0.15, 0.2) is 24.5 Å². The van der Waals surface area contributed by atoms with Crippen LogP contribution in [0.1, 0.15) is 20.8 Å². The maximum absolute atomic E-state index is 11.8. The fourth-order valence-electron chi connectivity index (χ4n) is 1.16. The van der Waals surface area contributed by atoms with Crippen molar-refractivity contribution in [3.05, 3.63) is 24.5 Å². The van der Waals surface area contributed by atoms with Crippen molar-refractivity contribution in [2.75, 3.05) is 5.32 Å². The molecule has 0 radical (unpaired) electrons. The van der Waals surface area contributed by atoms with Gasteiger partial charge in [0, 0.05) is 23.4 Å². The molecule has 1 amide bonds. The first-order valence-corrected chi connectivity index (χ1v) is 6.34. The van der Waals surface area contributed by atoms with Crippen LogP contribution in [-0.2, 0) is 4.79 Å².